The molecule has 33 heteroatoms. The molecule has 5 aliphatic rings. The number of aliphatic hydroxyl groups is 2. The maximum Gasteiger partial charge on any atom is 0.269 e. The number of halogens is 4. The number of carbonyl (C=O) groups is 8. The van der Waals surface area contributed by atoms with Crippen molar-refractivity contribution < 1.29 is 66.1 Å². The van der Waals surface area contributed by atoms with Gasteiger partial charge in [0.05, 0.1) is 53.4 Å². The third-order valence-corrected chi connectivity index (χ3v) is 24.2. The lowest BCUT2D eigenvalue weighted by Gasteiger charge is -2.34. The summed E-state index contributed by atoms with van der Waals surface area (Å²) in [4.78, 5) is 129. The Morgan fingerprint density at radius 2 is 0.719 bits per heavy atom. The maximum atomic E-state index is 14.1. The summed E-state index contributed by atoms with van der Waals surface area (Å²) in [6.45, 7) is 14.0. The molecule has 29 nitrogen and oxygen atoms in total. The van der Waals surface area contributed by atoms with Gasteiger partial charge >= 0.3 is 0 Å². The molecule has 5 fully saturated rings. The van der Waals surface area contributed by atoms with E-state index >= 15 is 0 Å². The van der Waals surface area contributed by atoms with Gasteiger partial charge in [0.2, 0.25) is 0 Å². The van der Waals surface area contributed by atoms with E-state index in [1.807, 2.05) is 123 Å². The zero-order valence-corrected chi connectivity index (χ0v) is 72.3. The summed E-state index contributed by atoms with van der Waals surface area (Å²) >= 11 is 0. The predicted molar refractivity (Wildman–Crippen MR) is 479 cm³/mol. The molecule has 12 aromatic rings. The molecule has 5 aliphatic heterocycles. The van der Waals surface area contributed by atoms with Gasteiger partial charge in [-0.2, -0.15) is 0 Å². The number of rotatable bonds is 19. The van der Waals surface area contributed by atoms with Crippen LogP contribution >= 0.6 is 0 Å². The van der Waals surface area contributed by atoms with Crippen LogP contribution < -0.4 is 32.3 Å². The van der Waals surface area contributed by atoms with Crippen molar-refractivity contribution in [3.63, 3.8) is 0 Å². The maximum absolute atomic E-state index is 14.1. The van der Waals surface area contributed by atoms with Crippen LogP contribution in [0.1, 0.15) is 182 Å². The fourth-order valence-electron chi connectivity index (χ4n) is 16.0. The second-order valence-corrected chi connectivity index (χ2v) is 34.1. The molecular weight excluding hydrogens is 1640 g/mol. The Labute approximate surface area is 737 Å². The lowest BCUT2D eigenvalue weighted by molar-refractivity contribution is 0.0493. The van der Waals surface area contributed by atoms with Crippen LogP contribution in [0, 0.1) is 0 Å². The summed E-state index contributed by atoms with van der Waals surface area (Å²) in [6, 6.07) is 39.3. The van der Waals surface area contributed by atoms with Crippen LogP contribution in [0.5, 0.6) is 0 Å². The van der Waals surface area contributed by atoms with Gasteiger partial charge in [-0.05, 0) is 245 Å². The minimum absolute atomic E-state index is 0.0529. The Hall–Kier alpha value is -13.1. The zero-order valence-electron chi connectivity index (χ0n) is 72.3. The number of aliphatic hydroxyl groups excluding tert-OH is 2. The normalized spacial score (nSPS) is 16.6. The van der Waals surface area contributed by atoms with E-state index in [-0.39, 0.29) is 66.5 Å². The van der Waals surface area contributed by atoms with Crippen LogP contribution in [-0.2, 0) is 0 Å². The fourth-order valence-corrected chi connectivity index (χ4v) is 16.0. The number of piperidine rings is 5. The number of nitrogens with zero attached hydrogens (tertiary/aromatic N) is 13. The number of fused-ring (bicyclic) bond motifs is 4. The second kappa shape index (κ2) is 39.8. The molecule has 670 valence electrons. The van der Waals surface area contributed by atoms with Crippen molar-refractivity contribution >= 4 is 91.4 Å². The first-order valence-electron chi connectivity index (χ1n) is 43.4. The van der Waals surface area contributed by atoms with E-state index in [2.05, 4.69) is 51.5 Å². The highest BCUT2D eigenvalue weighted by Gasteiger charge is 2.37. The predicted octanol–water partition coefficient (Wildman–Crippen LogP) is 11.4. The SMILES string of the molecule is CC1(F)CCN(C(=O)c2cnc3c(ccn3-c3ccc(C(=O)NC(CO)CO)cc3)c2)CC1.CC1(F)CCN(C(=O)c2cnc3c(ccn3-c3ccc(C(=O)NC4CCNCC4)cc3)c2)CC1.CC1(F)CCN(C(=O)c2cnc3c(ccn3-c3ccc(C(=O)NCCN)cc3)c2)CC1.CCNC(=O)c1ccc(-n2ccc3cc(C(=O)N4CCC(C)(F)CC4)cnc32)cn1. The summed E-state index contributed by atoms with van der Waals surface area (Å²) in [5.74, 6) is -1.32. The van der Waals surface area contributed by atoms with Crippen molar-refractivity contribution in [3.05, 3.63) is 234 Å². The first-order chi connectivity index (χ1) is 61.5. The van der Waals surface area contributed by atoms with Gasteiger partial charge in [0, 0.05) is 183 Å². The van der Waals surface area contributed by atoms with Crippen LogP contribution in [0.4, 0.5) is 17.6 Å². The van der Waals surface area contributed by atoms with E-state index in [0.717, 1.165) is 75.9 Å². The molecule has 128 heavy (non-hydrogen) atoms. The number of likely N-dealkylation sites (tertiary alicyclic amines) is 4. The number of pyridine rings is 5. The van der Waals surface area contributed by atoms with Gasteiger partial charge in [0.1, 0.15) is 51.0 Å². The Kier molecular flexibility index (Phi) is 28.4. The van der Waals surface area contributed by atoms with Gasteiger partial charge in [-0.1, -0.05) is 0 Å². The Balaban J connectivity index is 0.000000138. The number of benzene rings is 3. The number of carbonyl (C=O) groups excluding carboxylic acids is 8. The molecule has 9 aromatic heterocycles. The number of amides is 8. The van der Waals surface area contributed by atoms with Crippen LogP contribution in [-0.4, -0.2) is 253 Å². The summed E-state index contributed by atoms with van der Waals surface area (Å²) in [5, 5.41) is 36.0. The van der Waals surface area contributed by atoms with Crippen molar-refractivity contribution in [1.82, 2.24) is 89.4 Å². The van der Waals surface area contributed by atoms with Crippen LogP contribution in [0.3, 0.4) is 0 Å². The number of hydrogen-bond donors (Lipinski definition) is 8. The Morgan fingerprint density at radius 3 is 1.02 bits per heavy atom. The summed E-state index contributed by atoms with van der Waals surface area (Å²) in [5.41, 5.74) is 10.6. The van der Waals surface area contributed by atoms with Crippen molar-refractivity contribution in [2.75, 3.05) is 98.3 Å². The second-order valence-electron chi connectivity index (χ2n) is 34.1. The molecule has 0 spiro atoms. The molecule has 0 saturated carbocycles. The lowest BCUT2D eigenvalue weighted by Crippen LogP contribution is -2.43. The minimum atomic E-state index is -1.22. The van der Waals surface area contributed by atoms with E-state index in [4.69, 9.17) is 15.9 Å². The number of alkyl halides is 4. The number of hydrogen-bond acceptors (Lipinski definition) is 17. The smallest absolute Gasteiger partial charge is 0.269 e. The van der Waals surface area contributed by atoms with Crippen molar-refractivity contribution in [2.45, 2.75) is 134 Å². The number of nitrogens with two attached hydrogens (primary N) is 1. The van der Waals surface area contributed by atoms with Gasteiger partial charge < -0.3 is 75.8 Å². The number of aromatic nitrogens is 9. The van der Waals surface area contributed by atoms with Gasteiger partial charge in [-0.25, -0.2) is 42.5 Å². The highest BCUT2D eigenvalue weighted by molar-refractivity contribution is 6.01. The van der Waals surface area contributed by atoms with E-state index in [1.165, 1.54) is 6.20 Å². The first-order valence-corrected chi connectivity index (χ1v) is 43.4. The summed E-state index contributed by atoms with van der Waals surface area (Å²) < 4.78 is 63.7. The highest BCUT2D eigenvalue weighted by Crippen LogP contribution is 2.34. The van der Waals surface area contributed by atoms with E-state index in [0.29, 0.717) is 185 Å². The van der Waals surface area contributed by atoms with Gasteiger partial charge in [-0.3, -0.25) is 42.9 Å². The van der Waals surface area contributed by atoms with Crippen LogP contribution in [0.25, 0.3) is 66.9 Å². The summed E-state index contributed by atoms with van der Waals surface area (Å²) in [6.07, 6.45) is 20.0. The van der Waals surface area contributed by atoms with E-state index in [9.17, 15) is 55.9 Å². The van der Waals surface area contributed by atoms with Gasteiger partial charge in [0.15, 0.2) is 0 Å². The van der Waals surface area contributed by atoms with Crippen LogP contribution in [0.15, 0.2) is 189 Å². The Morgan fingerprint density at radius 1 is 0.406 bits per heavy atom. The average Bonchev–Trinajstić information content (AvgIpc) is 1.62. The zero-order chi connectivity index (χ0) is 90.6. The lowest BCUT2D eigenvalue weighted by atomic mass is 9.95. The molecule has 0 aliphatic carbocycles. The molecular formula is C95H107F4N19O10. The van der Waals surface area contributed by atoms with Gasteiger partial charge in [0.25, 0.3) is 47.3 Å². The monoisotopic (exact) mass is 1750 g/mol. The Bertz CT molecular complexity index is 5960. The number of nitrogens with one attached hydrogen (secondary N) is 5. The highest BCUT2D eigenvalue weighted by atomic mass is 19.2. The quantitative estimate of drug-likeness (QED) is 0.0349. The third-order valence-electron chi connectivity index (χ3n) is 24.2. The first kappa shape index (κ1) is 91.1. The molecule has 0 bridgehead atoms. The molecule has 0 unspecified atom stereocenters. The molecule has 0 atom stereocenters. The fraction of sp³-hybridized carbons (Fsp3) is 0.379. The molecule has 9 N–H and O–H groups in total. The van der Waals surface area contributed by atoms with Gasteiger partial charge in [-0.15, -0.1) is 0 Å². The van der Waals surface area contributed by atoms with E-state index < -0.39 is 28.7 Å². The molecule has 14 heterocycles. The minimum Gasteiger partial charge on any atom is -0.394 e. The third kappa shape index (κ3) is 21.9. The summed E-state index contributed by atoms with van der Waals surface area (Å²) in [7, 11) is 0. The standard InChI is InChI=1S/C26H30FN5O2.C24H27FN4O4.C23H26FN5O2.C22H24FN5O2/c1-26(27)9-14-31(15-10-26)25(34)20-16-19-8-13-32(23(19)29-17-20)22-4-2-18(3-5-22)24(33)30-21-6-11-28-12-7-21;1-24(25)7-10-28(11-8-24)23(33)18-12-17-6-9-29(21(17)26-13-18)20-4-2-16(3-5-20)22(32)27-19(14-30)15-31;1-23(24)7-12-28(13-8-23)22(31)18-14-17-6-11-29(20(17)27-15-18)19-4-2-16(3-5-19)21(30)26-10-9-25;1-3-24-20(29)18-5-4-17(14-25-18)28-9-6-15-12-16(13-26-19(15)28)21(30)27-10-7-22(2,23)8-11-27/h2-5,8,13,16-17,21,28H,6-7,9-12,14-15H2,1H3,(H,30,33);2-6,9,12-13,19,30-31H,7-8,10-11,14-15H2,1H3,(H,27,32);2-6,11,14-15H,7-10,12-13,25H2,1H3,(H,26,30);4-6,9,12-14H,3,7-8,10-11H2,1-2H3,(H,24,29). The largest absolute Gasteiger partial charge is 0.394 e. The molecule has 17 rings (SSSR count). The molecule has 5 saturated heterocycles. The molecule has 3 aromatic carbocycles. The van der Waals surface area contributed by atoms with Crippen LogP contribution in [0.2, 0.25) is 0 Å². The van der Waals surface area contributed by atoms with Crippen molar-refractivity contribution in [2.24, 2.45) is 5.73 Å². The van der Waals surface area contributed by atoms with Crippen molar-refractivity contribution in [3.8, 4) is 22.7 Å². The average molecular weight is 1750 g/mol. The van der Waals surface area contributed by atoms with E-state index in [1.54, 1.807) is 133 Å². The topological polar surface area (TPSA) is 360 Å². The molecule has 8 amide bonds. The van der Waals surface area contributed by atoms with Crippen molar-refractivity contribution in [1.29, 1.82) is 0 Å². The molecule has 0 radical (unpaired) electrons.